The number of esters is 1. The molecule has 6 aliphatic rings. The number of likely N-dealkylation sites (tertiary alicyclic amines) is 1. The van der Waals surface area contributed by atoms with Crippen LogP contribution < -0.4 is 0 Å². The number of aliphatic carboxylic acids is 1. The molecule has 0 spiro atoms. The van der Waals surface area contributed by atoms with E-state index < -0.39 is 5.97 Å². The number of hydrogen-bond donors (Lipinski definition) is 1. The van der Waals surface area contributed by atoms with Gasteiger partial charge >= 0.3 is 11.9 Å². The summed E-state index contributed by atoms with van der Waals surface area (Å²) in [6.45, 7) is 12.9. The Labute approximate surface area is 240 Å². The van der Waals surface area contributed by atoms with Gasteiger partial charge in [-0.3, -0.25) is 19.3 Å². The van der Waals surface area contributed by atoms with Gasteiger partial charge in [0.25, 0.3) is 0 Å². The van der Waals surface area contributed by atoms with E-state index in [1.54, 1.807) is 0 Å². The van der Waals surface area contributed by atoms with Crippen molar-refractivity contribution in [1.82, 2.24) is 4.90 Å². The topological polar surface area (TPSA) is 83.9 Å². The van der Waals surface area contributed by atoms with E-state index in [-0.39, 0.29) is 46.0 Å². The van der Waals surface area contributed by atoms with Gasteiger partial charge < -0.3 is 9.84 Å². The Morgan fingerprint density at radius 3 is 2.45 bits per heavy atom. The molecule has 222 valence electrons. The summed E-state index contributed by atoms with van der Waals surface area (Å²) in [7, 11) is 0. The van der Waals surface area contributed by atoms with Gasteiger partial charge in [0.15, 0.2) is 5.78 Å². The van der Waals surface area contributed by atoms with Gasteiger partial charge in [0.2, 0.25) is 0 Å². The average molecular weight is 554 g/mol. The highest BCUT2D eigenvalue weighted by Gasteiger charge is 2.65. The molecule has 0 aromatic rings. The summed E-state index contributed by atoms with van der Waals surface area (Å²) in [5.74, 6) is 0.833. The van der Waals surface area contributed by atoms with E-state index in [1.807, 2.05) is 13.0 Å². The van der Waals surface area contributed by atoms with Crippen LogP contribution in [0.4, 0.5) is 0 Å². The minimum atomic E-state index is -0.669. The fourth-order valence-electron chi connectivity index (χ4n) is 11.7. The lowest BCUT2D eigenvalue weighted by molar-refractivity contribution is -0.167. The maximum atomic E-state index is 14.3. The quantitative estimate of drug-likeness (QED) is 0.413. The van der Waals surface area contributed by atoms with Crippen LogP contribution in [0.2, 0.25) is 0 Å². The van der Waals surface area contributed by atoms with Crippen molar-refractivity contribution in [2.24, 2.45) is 51.8 Å². The summed E-state index contributed by atoms with van der Waals surface area (Å²) >= 11 is 0. The van der Waals surface area contributed by atoms with Gasteiger partial charge in [-0.2, -0.15) is 0 Å². The number of rotatable bonds is 4. The van der Waals surface area contributed by atoms with Crippen LogP contribution in [0.1, 0.15) is 105 Å². The third kappa shape index (κ3) is 4.08. The molecule has 40 heavy (non-hydrogen) atoms. The predicted octanol–water partition coefficient (Wildman–Crippen LogP) is 6.28. The molecule has 1 aliphatic heterocycles. The van der Waals surface area contributed by atoms with E-state index in [0.717, 1.165) is 70.8 Å². The van der Waals surface area contributed by atoms with E-state index in [4.69, 9.17) is 4.74 Å². The molecule has 0 aromatic carbocycles. The first-order chi connectivity index (χ1) is 18.9. The highest BCUT2D eigenvalue weighted by molar-refractivity contribution is 5.95. The van der Waals surface area contributed by atoms with E-state index in [0.29, 0.717) is 42.6 Å². The minimum absolute atomic E-state index is 0.0264. The van der Waals surface area contributed by atoms with Gasteiger partial charge in [0, 0.05) is 12.0 Å². The van der Waals surface area contributed by atoms with Crippen LogP contribution in [-0.4, -0.2) is 53.0 Å². The van der Waals surface area contributed by atoms with Crippen molar-refractivity contribution in [3.63, 3.8) is 0 Å². The lowest BCUT2D eigenvalue weighted by atomic mass is 9.38. The number of nitrogens with zero attached hydrogens (tertiary/aromatic N) is 1. The van der Waals surface area contributed by atoms with Crippen LogP contribution >= 0.6 is 0 Å². The Morgan fingerprint density at radius 2 is 1.73 bits per heavy atom. The van der Waals surface area contributed by atoms with Gasteiger partial charge in [-0.25, -0.2) is 0 Å². The smallest absolute Gasteiger partial charge is 0.323 e. The van der Waals surface area contributed by atoms with E-state index >= 15 is 0 Å². The fraction of sp³-hybridized carbons (Fsp3) is 0.853. The zero-order valence-corrected chi connectivity index (χ0v) is 25.4. The number of carbonyl (C=O) groups excluding carboxylic acids is 2. The Balaban J connectivity index is 1.29. The molecule has 4 saturated carbocycles. The maximum Gasteiger partial charge on any atom is 0.323 e. The van der Waals surface area contributed by atoms with Crippen molar-refractivity contribution >= 4 is 17.7 Å². The predicted molar refractivity (Wildman–Crippen MR) is 153 cm³/mol. The van der Waals surface area contributed by atoms with E-state index in [2.05, 4.69) is 32.6 Å². The molecule has 1 saturated heterocycles. The molecule has 1 N–H and O–H groups in total. The molecule has 5 aliphatic carbocycles. The largest absolute Gasteiger partial charge is 0.481 e. The van der Waals surface area contributed by atoms with Crippen LogP contribution in [0.15, 0.2) is 11.6 Å². The number of ketones is 1. The number of carboxylic acid groups (broad SMARTS) is 1. The van der Waals surface area contributed by atoms with Crippen molar-refractivity contribution in [2.75, 3.05) is 13.2 Å². The van der Waals surface area contributed by atoms with Crippen molar-refractivity contribution in [3.8, 4) is 0 Å². The first-order valence-electron chi connectivity index (χ1n) is 16.3. The number of allylic oxidation sites excluding steroid dienone is 2. The number of hydrogen-bond acceptors (Lipinski definition) is 5. The average Bonchev–Trinajstić information content (AvgIpc) is 3.37. The molecule has 6 heteroatoms. The molecule has 1 heterocycles. The SMILES string of the molecule is CCOC(=O)C1CCCN1C1CCC2(C)C(CCC3(C)C4CCC5(C)CC[C@H](C(=O)O)CC5C4=CC(=O)C32)C1C. The minimum Gasteiger partial charge on any atom is -0.481 e. The second-order valence-electron chi connectivity index (χ2n) is 15.4. The van der Waals surface area contributed by atoms with Gasteiger partial charge in [0.1, 0.15) is 6.04 Å². The summed E-state index contributed by atoms with van der Waals surface area (Å²) in [6, 6.07) is 0.254. The number of carbonyl (C=O) groups is 3. The molecule has 0 radical (unpaired) electrons. The van der Waals surface area contributed by atoms with Crippen LogP contribution in [0, 0.1) is 51.8 Å². The van der Waals surface area contributed by atoms with Gasteiger partial charge in [-0.15, -0.1) is 0 Å². The summed E-state index contributed by atoms with van der Waals surface area (Å²) in [4.78, 5) is 41.6. The van der Waals surface area contributed by atoms with Crippen LogP contribution in [0.25, 0.3) is 0 Å². The van der Waals surface area contributed by atoms with Gasteiger partial charge in [-0.05, 0) is 130 Å². The fourth-order valence-corrected chi connectivity index (χ4v) is 11.7. The Bertz CT molecular complexity index is 1100. The monoisotopic (exact) mass is 553 g/mol. The molecule has 6 nitrogen and oxygen atoms in total. The van der Waals surface area contributed by atoms with Crippen LogP contribution in [0.3, 0.4) is 0 Å². The van der Waals surface area contributed by atoms with E-state index in [9.17, 15) is 19.5 Å². The van der Waals surface area contributed by atoms with Crippen molar-refractivity contribution in [2.45, 2.75) is 117 Å². The second kappa shape index (κ2) is 9.95. The number of fused-ring (bicyclic) bond motifs is 7. The van der Waals surface area contributed by atoms with Crippen molar-refractivity contribution < 1.29 is 24.2 Å². The molecule has 10 unspecified atom stereocenters. The van der Waals surface area contributed by atoms with E-state index in [1.165, 1.54) is 5.57 Å². The zero-order valence-electron chi connectivity index (χ0n) is 25.4. The summed E-state index contributed by atoms with van der Waals surface area (Å²) in [5.41, 5.74) is 1.33. The molecule has 6 rings (SSSR count). The maximum absolute atomic E-state index is 14.3. The molecule has 0 aromatic heterocycles. The van der Waals surface area contributed by atoms with Crippen molar-refractivity contribution in [1.29, 1.82) is 0 Å². The van der Waals surface area contributed by atoms with Gasteiger partial charge in [0.05, 0.1) is 12.5 Å². The van der Waals surface area contributed by atoms with Gasteiger partial charge in [-0.1, -0.05) is 33.3 Å². The summed E-state index contributed by atoms with van der Waals surface area (Å²) < 4.78 is 5.46. The second-order valence-corrected chi connectivity index (χ2v) is 15.4. The van der Waals surface area contributed by atoms with Crippen LogP contribution in [0.5, 0.6) is 0 Å². The standard InChI is InChI=1S/C34H51NO5/c1-6-40-31(39)27-8-7-17-35(27)26-12-16-33(4)23(20(26)2)11-15-34(5)24-10-14-32(3)13-9-21(30(37)38)18-25(32)22(24)19-28(36)29(33)34/h19-21,23-27,29H,6-18H2,1-5H3,(H,37,38)/t20?,21-,23?,24?,25?,26?,27?,29?,32?,33?,34?/m0/s1. The Hall–Kier alpha value is -1.69. The Kier molecular flexibility index (Phi) is 7.07. The third-order valence-corrected chi connectivity index (χ3v) is 13.6. The number of carboxylic acids is 1. The molecule has 0 amide bonds. The molecule has 5 fully saturated rings. The third-order valence-electron chi connectivity index (χ3n) is 13.6. The van der Waals surface area contributed by atoms with Crippen LogP contribution in [-0.2, 0) is 19.1 Å². The normalized spacial score (nSPS) is 48.7. The molecule has 11 atom stereocenters. The lowest BCUT2D eigenvalue weighted by Crippen LogP contribution is -2.63. The Morgan fingerprint density at radius 1 is 1.00 bits per heavy atom. The first-order valence-corrected chi connectivity index (χ1v) is 16.3. The lowest BCUT2D eigenvalue weighted by Gasteiger charge is -2.66. The van der Waals surface area contributed by atoms with Crippen molar-refractivity contribution in [3.05, 3.63) is 11.6 Å². The summed E-state index contributed by atoms with van der Waals surface area (Å²) in [6.07, 6.45) is 12.9. The molecular weight excluding hydrogens is 502 g/mol. The highest BCUT2D eigenvalue weighted by atomic mass is 16.5. The summed E-state index contributed by atoms with van der Waals surface area (Å²) in [5, 5.41) is 9.84. The molecule has 0 bridgehead atoms. The first kappa shape index (κ1) is 28.4. The zero-order chi connectivity index (χ0) is 28.6. The molecular formula is C34H51NO5. The number of ether oxygens (including phenoxy) is 1. The highest BCUT2D eigenvalue weighted by Crippen LogP contribution is 2.69.